The van der Waals surface area contributed by atoms with Crippen molar-refractivity contribution in [2.75, 3.05) is 18.5 Å². The van der Waals surface area contributed by atoms with Crippen LogP contribution in [0.2, 0.25) is 0 Å². The van der Waals surface area contributed by atoms with Crippen LogP contribution in [-0.4, -0.2) is 29.2 Å². The summed E-state index contributed by atoms with van der Waals surface area (Å²) in [6.07, 6.45) is 5.29. The lowest BCUT2D eigenvalue weighted by Crippen LogP contribution is -2.23. The Bertz CT molecular complexity index is 355. The van der Waals surface area contributed by atoms with E-state index in [1.807, 2.05) is 20.0 Å². The van der Waals surface area contributed by atoms with Crippen molar-refractivity contribution in [3.05, 3.63) is 17.6 Å². The highest BCUT2D eigenvalue weighted by Gasteiger charge is 2.09. The van der Waals surface area contributed by atoms with E-state index >= 15 is 0 Å². The highest BCUT2D eigenvalue weighted by Crippen LogP contribution is 2.14. The maximum absolute atomic E-state index is 5.64. The van der Waals surface area contributed by atoms with E-state index in [0.29, 0.717) is 0 Å². The number of nitrogens with one attached hydrogen (secondary N) is 1. The maximum atomic E-state index is 5.64. The summed E-state index contributed by atoms with van der Waals surface area (Å²) in [5.74, 6) is 1.77. The van der Waals surface area contributed by atoms with Crippen LogP contribution in [0.1, 0.15) is 45.0 Å². The van der Waals surface area contributed by atoms with Crippen LogP contribution in [0.15, 0.2) is 6.20 Å². The molecule has 0 aliphatic carbocycles. The van der Waals surface area contributed by atoms with Crippen LogP contribution < -0.4 is 5.32 Å². The summed E-state index contributed by atoms with van der Waals surface area (Å²) in [5, 5.41) is 3.40. The van der Waals surface area contributed by atoms with Gasteiger partial charge in [-0.2, -0.15) is 0 Å². The van der Waals surface area contributed by atoms with Crippen LogP contribution in [0.3, 0.4) is 0 Å². The van der Waals surface area contributed by atoms with E-state index in [0.717, 1.165) is 44.1 Å². The lowest BCUT2D eigenvalue weighted by molar-refractivity contribution is 0.0694. The first-order valence-electron chi connectivity index (χ1n) is 6.89. The second-order valence-electron chi connectivity index (χ2n) is 4.41. The van der Waals surface area contributed by atoms with Gasteiger partial charge in [0.25, 0.3) is 0 Å². The molecule has 0 aliphatic heterocycles. The molecule has 0 amide bonds. The molecule has 1 aromatic heterocycles. The molecule has 1 aromatic rings. The van der Waals surface area contributed by atoms with Gasteiger partial charge in [-0.1, -0.05) is 20.3 Å². The van der Waals surface area contributed by atoms with Crippen LogP contribution in [0.4, 0.5) is 5.82 Å². The van der Waals surface area contributed by atoms with Crippen molar-refractivity contribution < 1.29 is 4.74 Å². The number of hydrogen-bond acceptors (Lipinski definition) is 4. The van der Waals surface area contributed by atoms with Crippen LogP contribution in [0.25, 0.3) is 0 Å². The SMILES string of the molecule is CCCc1cnc(C)nc1NCC(CC)OCC. The average molecular weight is 251 g/mol. The molecular formula is C14H25N3O. The number of hydrogen-bond donors (Lipinski definition) is 1. The molecule has 1 N–H and O–H groups in total. The van der Waals surface area contributed by atoms with Gasteiger partial charge in [0.05, 0.1) is 6.10 Å². The fourth-order valence-corrected chi connectivity index (χ4v) is 1.87. The summed E-state index contributed by atoms with van der Waals surface area (Å²) in [5.41, 5.74) is 1.19. The van der Waals surface area contributed by atoms with Crippen molar-refractivity contribution in [1.29, 1.82) is 0 Å². The first kappa shape index (κ1) is 14.9. The van der Waals surface area contributed by atoms with Crippen molar-refractivity contribution in [2.45, 2.75) is 53.1 Å². The second-order valence-corrected chi connectivity index (χ2v) is 4.41. The molecule has 1 unspecified atom stereocenters. The van der Waals surface area contributed by atoms with Crippen molar-refractivity contribution >= 4 is 5.82 Å². The molecule has 0 spiro atoms. The summed E-state index contributed by atoms with van der Waals surface area (Å²) in [6.45, 7) is 9.81. The highest BCUT2D eigenvalue weighted by molar-refractivity contribution is 5.43. The van der Waals surface area contributed by atoms with E-state index in [4.69, 9.17) is 4.74 Å². The topological polar surface area (TPSA) is 47.0 Å². The largest absolute Gasteiger partial charge is 0.377 e. The number of ether oxygens (including phenoxy) is 1. The molecule has 0 fully saturated rings. The molecule has 0 saturated heterocycles. The minimum absolute atomic E-state index is 0.250. The summed E-state index contributed by atoms with van der Waals surface area (Å²) in [4.78, 5) is 8.74. The van der Waals surface area contributed by atoms with Gasteiger partial charge in [0.2, 0.25) is 0 Å². The molecular weight excluding hydrogens is 226 g/mol. The molecule has 0 saturated carbocycles. The summed E-state index contributed by atoms with van der Waals surface area (Å²) < 4.78 is 5.64. The number of anilines is 1. The third-order valence-electron chi connectivity index (χ3n) is 2.86. The van der Waals surface area contributed by atoms with Crippen LogP contribution in [0.5, 0.6) is 0 Å². The molecule has 0 aliphatic rings. The monoisotopic (exact) mass is 251 g/mol. The first-order chi connectivity index (χ1) is 8.71. The molecule has 0 radical (unpaired) electrons. The second kappa shape index (κ2) is 8.03. The Labute approximate surface area is 110 Å². The summed E-state index contributed by atoms with van der Waals surface area (Å²) in [7, 11) is 0. The molecule has 1 atom stereocenters. The zero-order valence-corrected chi connectivity index (χ0v) is 12.0. The van der Waals surface area contributed by atoms with Crippen molar-refractivity contribution in [1.82, 2.24) is 9.97 Å². The Morgan fingerprint density at radius 3 is 2.72 bits per heavy atom. The van der Waals surface area contributed by atoms with Crippen molar-refractivity contribution in [3.63, 3.8) is 0 Å². The molecule has 0 bridgehead atoms. The zero-order valence-electron chi connectivity index (χ0n) is 12.0. The molecule has 0 aromatic carbocycles. The standard InChI is InChI=1S/C14H25N3O/c1-5-8-12-9-15-11(4)17-14(12)16-10-13(6-2)18-7-3/h9,13H,5-8,10H2,1-4H3,(H,15,16,17). The average Bonchev–Trinajstić information content (AvgIpc) is 2.37. The van der Waals surface area contributed by atoms with Gasteiger partial charge in [0.1, 0.15) is 11.6 Å². The Kier molecular flexibility index (Phi) is 6.65. The number of nitrogens with zero attached hydrogens (tertiary/aromatic N) is 2. The predicted molar refractivity (Wildman–Crippen MR) is 75.0 cm³/mol. The minimum atomic E-state index is 0.250. The van der Waals surface area contributed by atoms with E-state index in [9.17, 15) is 0 Å². The van der Waals surface area contributed by atoms with Crippen molar-refractivity contribution in [2.24, 2.45) is 0 Å². The van der Waals surface area contributed by atoms with Gasteiger partial charge in [-0.15, -0.1) is 0 Å². The van der Waals surface area contributed by atoms with E-state index < -0.39 is 0 Å². The Balaban J connectivity index is 2.66. The molecule has 1 heterocycles. The fraction of sp³-hybridized carbons (Fsp3) is 0.714. The van der Waals surface area contributed by atoms with Gasteiger partial charge in [-0.05, 0) is 26.7 Å². The maximum Gasteiger partial charge on any atom is 0.132 e. The number of aromatic nitrogens is 2. The molecule has 1 rings (SSSR count). The van der Waals surface area contributed by atoms with Gasteiger partial charge in [-0.3, -0.25) is 0 Å². The summed E-state index contributed by atoms with van der Waals surface area (Å²) in [6, 6.07) is 0. The normalized spacial score (nSPS) is 12.4. The Morgan fingerprint density at radius 1 is 1.33 bits per heavy atom. The van der Waals surface area contributed by atoms with Gasteiger partial charge < -0.3 is 10.1 Å². The number of rotatable bonds is 8. The van der Waals surface area contributed by atoms with Gasteiger partial charge in [0.15, 0.2) is 0 Å². The van der Waals surface area contributed by atoms with E-state index in [2.05, 4.69) is 29.1 Å². The number of aryl methyl sites for hydroxylation is 2. The Hall–Kier alpha value is -1.16. The van der Waals surface area contributed by atoms with Crippen LogP contribution in [0, 0.1) is 6.92 Å². The lowest BCUT2D eigenvalue weighted by atomic mass is 10.2. The summed E-state index contributed by atoms with van der Waals surface area (Å²) >= 11 is 0. The minimum Gasteiger partial charge on any atom is -0.377 e. The van der Waals surface area contributed by atoms with Crippen LogP contribution in [-0.2, 0) is 11.2 Å². The third kappa shape index (κ3) is 4.61. The quantitative estimate of drug-likeness (QED) is 0.771. The molecule has 18 heavy (non-hydrogen) atoms. The first-order valence-corrected chi connectivity index (χ1v) is 6.89. The smallest absolute Gasteiger partial charge is 0.132 e. The zero-order chi connectivity index (χ0) is 13.4. The van der Waals surface area contributed by atoms with Gasteiger partial charge in [-0.25, -0.2) is 9.97 Å². The highest BCUT2D eigenvalue weighted by atomic mass is 16.5. The predicted octanol–water partition coefficient (Wildman–Crippen LogP) is 2.96. The third-order valence-corrected chi connectivity index (χ3v) is 2.86. The molecule has 102 valence electrons. The van der Waals surface area contributed by atoms with E-state index in [1.54, 1.807) is 0 Å². The molecule has 4 heteroatoms. The molecule has 4 nitrogen and oxygen atoms in total. The van der Waals surface area contributed by atoms with E-state index in [-0.39, 0.29) is 6.10 Å². The van der Waals surface area contributed by atoms with Crippen LogP contribution >= 0.6 is 0 Å². The fourth-order valence-electron chi connectivity index (χ4n) is 1.87. The lowest BCUT2D eigenvalue weighted by Gasteiger charge is -2.17. The van der Waals surface area contributed by atoms with E-state index in [1.165, 1.54) is 5.56 Å². The Morgan fingerprint density at radius 2 is 2.11 bits per heavy atom. The van der Waals surface area contributed by atoms with Gasteiger partial charge >= 0.3 is 0 Å². The van der Waals surface area contributed by atoms with Gasteiger partial charge in [0, 0.05) is 24.9 Å². The van der Waals surface area contributed by atoms with Crippen molar-refractivity contribution in [3.8, 4) is 0 Å².